The fourth-order valence-electron chi connectivity index (χ4n) is 1.58. The molecule has 0 radical (unpaired) electrons. The van der Waals surface area contributed by atoms with Crippen molar-refractivity contribution < 1.29 is 18.0 Å². The van der Waals surface area contributed by atoms with Crippen LogP contribution in [-0.4, -0.2) is 5.78 Å². The Morgan fingerprint density at radius 1 is 1.41 bits per heavy atom. The van der Waals surface area contributed by atoms with Crippen LogP contribution in [0.2, 0.25) is 0 Å². The number of halogens is 3. The number of nitrogens with zero attached hydrogens (tertiary/aromatic N) is 1. The maximum atomic E-state index is 12.7. The van der Waals surface area contributed by atoms with E-state index in [1.54, 1.807) is 13.0 Å². The van der Waals surface area contributed by atoms with Gasteiger partial charge in [-0.3, -0.25) is 4.79 Å². The third kappa shape index (κ3) is 2.64. The van der Waals surface area contributed by atoms with E-state index in [0.29, 0.717) is 0 Å². The summed E-state index contributed by atoms with van der Waals surface area (Å²) in [5.41, 5.74) is -1.01. The molecule has 0 bridgehead atoms. The highest BCUT2D eigenvalue weighted by Gasteiger charge is 2.34. The summed E-state index contributed by atoms with van der Waals surface area (Å²) in [5.74, 6) is -0.412. The van der Waals surface area contributed by atoms with Crippen LogP contribution in [0, 0.1) is 11.3 Å². The van der Waals surface area contributed by atoms with Crippen LogP contribution in [0.25, 0.3) is 0 Å². The van der Waals surface area contributed by atoms with Gasteiger partial charge in [0.15, 0.2) is 5.78 Å². The third-order valence-corrected chi connectivity index (χ3v) is 2.43. The second kappa shape index (κ2) is 4.58. The Morgan fingerprint density at radius 2 is 2.00 bits per heavy atom. The van der Waals surface area contributed by atoms with Crippen molar-refractivity contribution >= 4 is 5.78 Å². The van der Waals surface area contributed by atoms with Crippen molar-refractivity contribution in [2.45, 2.75) is 26.4 Å². The minimum Gasteiger partial charge on any atom is -0.294 e. The van der Waals surface area contributed by atoms with Crippen molar-refractivity contribution in [2.24, 2.45) is 0 Å². The zero-order valence-corrected chi connectivity index (χ0v) is 9.35. The summed E-state index contributed by atoms with van der Waals surface area (Å²) in [4.78, 5) is 11.2. The summed E-state index contributed by atoms with van der Waals surface area (Å²) in [6.45, 7) is 2.80. The van der Waals surface area contributed by atoms with Crippen LogP contribution in [0.15, 0.2) is 12.1 Å². The number of carbonyl (C=O) groups excluding carboxylic acids is 1. The number of hydrogen-bond acceptors (Lipinski definition) is 2. The Kier molecular flexibility index (Phi) is 3.56. The van der Waals surface area contributed by atoms with Crippen molar-refractivity contribution in [3.63, 3.8) is 0 Å². The normalized spacial score (nSPS) is 11.1. The SMILES string of the molecule is CCc1cc(C(C)=O)c(C#N)cc1C(F)(F)F. The van der Waals surface area contributed by atoms with Crippen LogP contribution in [0.3, 0.4) is 0 Å². The maximum Gasteiger partial charge on any atom is 0.416 e. The summed E-state index contributed by atoms with van der Waals surface area (Å²) in [5, 5.41) is 8.75. The summed E-state index contributed by atoms with van der Waals surface area (Å²) in [6.07, 6.45) is -4.35. The Balaban J connectivity index is 3.56. The van der Waals surface area contributed by atoms with Gasteiger partial charge >= 0.3 is 6.18 Å². The lowest BCUT2D eigenvalue weighted by atomic mass is 9.95. The van der Waals surface area contributed by atoms with Gasteiger partial charge in [-0.1, -0.05) is 6.92 Å². The van der Waals surface area contributed by atoms with E-state index in [0.717, 1.165) is 12.1 Å². The maximum absolute atomic E-state index is 12.7. The van der Waals surface area contributed by atoms with E-state index >= 15 is 0 Å². The minimum absolute atomic E-state index is 0.0294. The smallest absolute Gasteiger partial charge is 0.294 e. The number of ketones is 1. The number of benzene rings is 1. The highest BCUT2D eigenvalue weighted by Crippen LogP contribution is 2.34. The molecule has 0 saturated heterocycles. The van der Waals surface area contributed by atoms with E-state index in [2.05, 4.69) is 0 Å². The number of nitriles is 1. The summed E-state index contributed by atoms with van der Waals surface area (Å²) >= 11 is 0. The quantitative estimate of drug-likeness (QED) is 0.745. The molecule has 0 atom stereocenters. The summed E-state index contributed by atoms with van der Waals surface area (Å²) in [7, 11) is 0. The zero-order chi connectivity index (χ0) is 13.2. The van der Waals surface area contributed by atoms with Crippen LogP contribution in [0.5, 0.6) is 0 Å². The molecule has 0 aliphatic heterocycles. The molecule has 0 aliphatic carbocycles. The lowest BCUT2D eigenvalue weighted by Gasteiger charge is -2.13. The molecule has 0 saturated carbocycles. The molecule has 0 aliphatic rings. The van der Waals surface area contributed by atoms with Crippen molar-refractivity contribution in [2.75, 3.05) is 0 Å². The summed E-state index contributed by atoms with van der Waals surface area (Å²) < 4.78 is 38.1. The van der Waals surface area contributed by atoms with E-state index in [1.165, 1.54) is 6.92 Å². The average molecular weight is 241 g/mol. The first-order valence-corrected chi connectivity index (χ1v) is 4.96. The zero-order valence-electron chi connectivity index (χ0n) is 9.35. The number of alkyl halides is 3. The van der Waals surface area contributed by atoms with Gasteiger partial charge in [-0.05, 0) is 31.0 Å². The van der Waals surface area contributed by atoms with Gasteiger partial charge in [0.1, 0.15) is 0 Å². The van der Waals surface area contributed by atoms with Crippen molar-refractivity contribution in [3.05, 3.63) is 34.4 Å². The monoisotopic (exact) mass is 241 g/mol. The Hall–Kier alpha value is -1.83. The van der Waals surface area contributed by atoms with E-state index < -0.39 is 17.5 Å². The molecule has 17 heavy (non-hydrogen) atoms. The van der Waals surface area contributed by atoms with Crippen LogP contribution >= 0.6 is 0 Å². The van der Waals surface area contributed by atoms with Gasteiger partial charge in [-0.15, -0.1) is 0 Å². The number of rotatable bonds is 2. The van der Waals surface area contributed by atoms with Crippen LogP contribution in [-0.2, 0) is 12.6 Å². The highest BCUT2D eigenvalue weighted by molar-refractivity contribution is 5.96. The highest BCUT2D eigenvalue weighted by atomic mass is 19.4. The fourth-order valence-corrected chi connectivity index (χ4v) is 1.58. The van der Waals surface area contributed by atoms with E-state index in [-0.39, 0.29) is 23.1 Å². The minimum atomic E-state index is -4.51. The second-order valence-corrected chi connectivity index (χ2v) is 3.57. The Morgan fingerprint density at radius 3 is 2.35 bits per heavy atom. The van der Waals surface area contributed by atoms with Gasteiger partial charge < -0.3 is 0 Å². The number of hydrogen-bond donors (Lipinski definition) is 0. The molecule has 0 N–H and O–H groups in total. The first kappa shape index (κ1) is 13.2. The lowest BCUT2D eigenvalue weighted by molar-refractivity contribution is -0.138. The van der Waals surface area contributed by atoms with E-state index in [9.17, 15) is 18.0 Å². The largest absolute Gasteiger partial charge is 0.416 e. The van der Waals surface area contributed by atoms with Gasteiger partial charge in [0.2, 0.25) is 0 Å². The Bertz CT molecular complexity index is 498. The van der Waals surface area contributed by atoms with E-state index in [1.807, 2.05) is 0 Å². The summed E-state index contributed by atoms with van der Waals surface area (Å²) in [6, 6.07) is 3.52. The van der Waals surface area contributed by atoms with Gasteiger partial charge in [0.05, 0.1) is 17.2 Å². The van der Waals surface area contributed by atoms with Crippen molar-refractivity contribution in [3.8, 4) is 6.07 Å². The number of aryl methyl sites for hydroxylation is 1. The standard InChI is InChI=1S/C12H10F3NO/c1-3-8-4-10(7(2)17)9(6-16)5-11(8)12(13,14)15/h4-5H,3H2,1-2H3. The molecule has 1 aromatic carbocycles. The molecular weight excluding hydrogens is 231 g/mol. The van der Waals surface area contributed by atoms with Gasteiger partial charge in [-0.2, -0.15) is 18.4 Å². The van der Waals surface area contributed by atoms with Crippen LogP contribution in [0.4, 0.5) is 13.2 Å². The molecule has 0 heterocycles. The topological polar surface area (TPSA) is 40.9 Å². The Labute approximate surface area is 96.7 Å². The molecule has 2 nitrogen and oxygen atoms in total. The first-order chi connectivity index (χ1) is 7.81. The third-order valence-electron chi connectivity index (χ3n) is 2.43. The first-order valence-electron chi connectivity index (χ1n) is 4.96. The van der Waals surface area contributed by atoms with E-state index in [4.69, 9.17) is 5.26 Å². The number of carbonyl (C=O) groups is 1. The van der Waals surface area contributed by atoms with Crippen LogP contribution < -0.4 is 0 Å². The molecule has 0 unspecified atom stereocenters. The molecule has 90 valence electrons. The van der Waals surface area contributed by atoms with Gasteiger partial charge in [0, 0.05) is 5.56 Å². The molecule has 0 fully saturated rings. The molecule has 1 aromatic rings. The van der Waals surface area contributed by atoms with Crippen LogP contribution in [0.1, 0.15) is 40.9 Å². The van der Waals surface area contributed by atoms with Crippen molar-refractivity contribution in [1.82, 2.24) is 0 Å². The fraction of sp³-hybridized carbons (Fsp3) is 0.333. The van der Waals surface area contributed by atoms with Crippen molar-refractivity contribution in [1.29, 1.82) is 5.26 Å². The van der Waals surface area contributed by atoms with Gasteiger partial charge in [0.25, 0.3) is 0 Å². The molecule has 5 heteroatoms. The van der Waals surface area contributed by atoms with Gasteiger partial charge in [-0.25, -0.2) is 0 Å². The molecular formula is C12H10F3NO. The number of Topliss-reactive ketones (excluding diaryl/α,β-unsaturated/α-hetero) is 1. The predicted octanol–water partition coefficient (Wildman–Crippen LogP) is 3.34. The molecule has 0 amide bonds. The average Bonchev–Trinajstić information content (AvgIpc) is 2.25. The molecule has 0 spiro atoms. The molecule has 1 rings (SSSR count). The second-order valence-electron chi connectivity index (χ2n) is 3.57. The predicted molar refractivity (Wildman–Crippen MR) is 55.5 cm³/mol. The molecule has 0 aromatic heterocycles. The lowest BCUT2D eigenvalue weighted by Crippen LogP contribution is -2.11.